The van der Waals surface area contributed by atoms with E-state index in [1.54, 1.807) is 13.3 Å². The van der Waals surface area contributed by atoms with E-state index in [2.05, 4.69) is 24.3 Å². The first-order valence-electron chi connectivity index (χ1n) is 6.59. The van der Waals surface area contributed by atoms with Crippen molar-refractivity contribution in [3.63, 3.8) is 0 Å². The van der Waals surface area contributed by atoms with Gasteiger partial charge in [-0.3, -0.25) is 4.68 Å². The van der Waals surface area contributed by atoms with Crippen molar-refractivity contribution >= 4 is 11.6 Å². The van der Waals surface area contributed by atoms with Gasteiger partial charge in [-0.1, -0.05) is 31.9 Å². The van der Waals surface area contributed by atoms with Crippen LogP contribution in [0, 0.1) is 0 Å². The number of halogens is 1. The number of hydrogen-bond acceptors (Lipinski definition) is 3. The van der Waals surface area contributed by atoms with E-state index in [0.717, 1.165) is 31.5 Å². The molecule has 104 valence electrons. The molecule has 0 amide bonds. The van der Waals surface area contributed by atoms with Gasteiger partial charge in [-0.25, -0.2) is 0 Å². The molecule has 0 aliphatic carbocycles. The van der Waals surface area contributed by atoms with Crippen molar-refractivity contribution in [2.45, 2.75) is 45.3 Å². The Morgan fingerprint density at radius 1 is 1.44 bits per heavy atom. The number of methoxy groups -OCH3 is 1. The van der Waals surface area contributed by atoms with Crippen molar-refractivity contribution in [2.75, 3.05) is 13.7 Å². The van der Waals surface area contributed by atoms with E-state index in [1.165, 1.54) is 0 Å². The van der Waals surface area contributed by atoms with Gasteiger partial charge in [0.05, 0.1) is 29.1 Å². The first kappa shape index (κ1) is 15.5. The summed E-state index contributed by atoms with van der Waals surface area (Å²) in [5.41, 5.74) is 1.01. The number of ether oxygens (including phenoxy) is 1. The third-order valence-corrected chi connectivity index (χ3v) is 3.39. The van der Waals surface area contributed by atoms with Gasteiger partial charge < -0.3 is 10.1 Å². The normalized spacial score (nSPS) is 14.7. The number of nitrogens with zero attached hydrogens (tertiary/aromatic N) is 2. The lowest BCUT2D eigenvalue weighted by molar-refractivity contribution is 0.0581. The van der Waals surface area contributed by atoms with Crippen LogP contribution in [0.1, 0.15) is 44.8 Å². The van der Waals surface area contributed by atoms with Gasteiger partial charge in [-0.05, 0) is 19.4 Å². The highest BCUT2D eigenvalue weighted by Gasteiger charge is 2.26. The summed E-state index contributed by atoms with van der Waals surface area (Å²) < 4.78 is 7.45. The highest BCUT2D eigenvalue weighted by atomic mass is 35.5. The molecular formula is C13H24ClN3O. The zero-order chi connectivity index (χ0) is 13.5. The second-order valence-corrected chi connectivity index (χ2v) is 4.90. The first-order valence-corrected chi connectivity index (χ1v) is 6.97. The average Bonchev–Trinajstić information content (AvgIpc) is 2.69. The summed E-state index contributed by atoms with van der Waals surface area (Å²) in [7, 11) is 3.67. The van der Waals surface area contributed by atoms with Gasteiger partial charge in [0.2, 0.25) is 0 Å². The zero-order valence-electron chi connectivity index (χ0n) is 11.7. The minimum absolute atomic E-state index is 0.0925. The fraction of sp³-hybridized carbons (Fsp3) is 0.769. The molecule has 1 heterocycles. The summed E-state index contributed by atoms with van der Waals surface area (Å²) in [6.07, 6.45) is 4.97. The van der Waals surface area contributed by atoms with Gasteiger partial charge in [0.15, 0.2) is 0 Å². The van der Waals surface area contributed by atoms with Gasteiger partial charge in [-0.15, -0.1) is 0 Å². The minimum atomic E-state index is 0.0925. The number of rotatable bonds is 8. The van der Waals surface area contributed by atoms with Gasteiger partial charge in [0, 0.05) is 14.2 Å². The maximum Gasteiger partial charge on any atom is 0.0835 e. The third-order valence-electron chi connectivity index (χ3n) is 3.09. The van der Waals surface area contributed by atoms with Gasteiger partial charge >= 0.3 is 0 Å². The number of aromatic nitrogens is 2. The third kappa shape index (κ3) is 3.70. The van der Waals surface area contributed by atoms with Crippen molar-refractivity contribution in [2.24, 2.45) is 7.05 Å². The molecule has 1 rings (SSSR count). The fourth-order valence-electron chi connectivity index (χ4n) is 2.18. The summed E-state index contributed by atoms with van der Waals surface area (Å²) in [6, 6.07) is 0.0925. The SMILES string of the molecule is CCCNC(c1c(Cl)cnn1C)C(CCC)OC. The smallest absolute Gasteiger partial charge is 0.0835 e. The monoisotopic (exact) mass is 273 g/mol. The molecule has 1 aromatic heterocycles. The second-order valence-electron chi connectivity index (χ2n) is 4.50. The second kappa shape index (κ2) is 7.77. The molecule has 0 aliphatic rings. The Balaban J connectivity index is 2.96. The maximum absolute atomic E-state index is 6.24. The Morgan fingerprint density at radius 2 is 2.17 bits per heavy atom. The summed E-state index contributed by atoms with van der Waals surface area (Å²) in [4.78, 5) is 0. The van der Waals surface area contributed by atoms with Crippen molar-refractivity contribution < 1.29 is 4.74 Å². The molecule has 4 nitrogen and oxygen atoms in total. The predicted molar refractivity (Wildman–Crippen MR) is 75.0 cm³/mol. The largest absolute Gasteiger partial charge is 0.379 e. The van der Waals surface area contributed by atoms with Crippen LogP contribution in [-0.4, -0.2) is 29.5 Å². The van der Waals surface area contributed by atoms with E-state index in [4.69, 9.17) is 16.3 Å². The lowest BCUT2D eigenvalue weighted by Crippen LogP contribution is -2.35. The molecule has 0 spiro atoms. The predicted octanol–water partition coefficient (Wildman–Crippen LogP) is 2.93. The molecule has 1 aromatic rings. The van der Waals surface area contributed by atoms with Crippen molar-refractivity contribution in [1.29, 1.82) is 0 Å². The molecule has 1 N–H and O–H groups in total. The Hall–Kier alpha value is -0.580. The Morgan fingerprint density at radius 3 is 2.61 bits per heavy atom. The molecule has 0 saturated carbocycles. The van der Waals surface area contributed by atoms with Crippen molar-refractivity contribution in [1.82, 2.24) is 15.1 Å². The summed E-state index contributed by atoms with van der Waals surface area (Å²) in [5.74, 6) is 0. The average molecular weight is 274 g/mol. The van der Waals surface area contributed by atoms with Crippen LogP contribution >= 0.6 is 11.6 Å². The van der Waals surface area contributed by atoms with Crippen LogP contribution in [0.5, 0.6) is 0 Å². The van der Waals surface area contributed by atoms with E-state index < -0.39 is 0 Å². The minimum Gasteiger partial charge on any atom is -0.379 e. The maximum atomic E-state index is 6.24. The topological polar surface area (TPSA) is 39.1 Å². The van der Waals surface area contributed by atoms with Crippen LogP contribution in [-0.2, 0) is 11.8 Å². The molecule has 0 aromatic carbocycles. The molecule has 0 bridgehead atoms. The lowest BCUT2D eigenvalue weighted by atomic mass is 10.0. The van der Waals surface area contributed by atoms with Crippen molar-refractivity contribution in [3.05, 3.63) is 16.9 Å². The van der Waals surface area contributed by atoms with Crippen LogP contribution in [0.15, 0.2) is 6.20 Å². The van der Waals surface area contributed by atoms with E-state index in [0.29, 0.717) is 5.02 Å². The highest BCUT2D eigenvalue weighted by Crippen LogP contribution is 2.27. The summed E-state index contributed by atoms with van der Waals surface area (Å²) >= 11 is 6.24. The molecule has 0 radical (unpaired) electrons. The van der Waals surface area contributed by atoms with E-state index in [-0.39, 0.29) is 12.1 Å². The lowest BCUT2D eigenvalue weighted by Gasteiger charge is -2.27. The van der Waals surface area contributed by atoms with Gasteiger partial charge in [-0.2, -0.15) is 5.10 Å². The first-order chi connectivity index (χ1) is 8.65. The number of aryl methyl sites for hydroxylation is 1. The van der Waals surface area contributed by atoms with E-state index >= 15 is 0 Å². The summed E-state index contributed by atoms with van der Waals surface area (Å²) in [5, 5.41) is 8.43. The molecular weight excluding hydrogens is 250 g/mol. The molecule has 5 heteroatoms. The van der Waals surface area contributed by atoms with Crippen LogP contribution < -0.4 is 5.32 Å². The molecule has 0 aliphatic heterocycles. The highest BCUT2D eigenvalue weighted by molar-refractivity contribution is 6.31. The van der Waals surface area contributed by atoms with Crippen LogP contribution in [0.3, 0.4) is 0 Å². The fourth-order valence-corrected chi connectivity index (χ4v) is 2.46. The Kier molecular flexibility index (Phi) is 6.68. The number of nitrogens with one attached hydrogen (secondary N) is 1. The summed E-state index contributed by atoms with van der Waals surface area (Å²) in [6.45, 7) is 5.25. The Labute approximate surface area is 115 Å². The van der Waals surface area contributed by atoms with Crippen LogP contribution in [0.4, 0.5) is 0 Å². The quantitative estimate of drug-likeness (QED) is 0.792. The molecule has 2 atom stereocenters. The van der Waals surface area contributed by atoms with Crippen LogP contribution in [0.2, 0.25) is 5.02 Å². The number of hydrogen-bond donors (Lipinski definition) is 1. The standard InChI is InChI=1S/C13H24ClN3O/c1-5-7-11(18-4)12(15-8-6-2)13-10(14)9-16-17(13)3/h9,11-12,15H,5-8H2,1-4H3. The molecule has 2 unspecified atom stereocenters. The molecule has 0 fully saturated rings. The van der Waals surface area contributed by atoms with Gasteiger partial charge in [0.1, 0.15) is 0 Å². The van der Waals surface area contributed by atoms with E-state index in [1.807, 2.05) is 11.7 Å². The van der Waals surface area contributed by atoms with Gasteiger partial charge in [0.25, 0.3) is 0 Å². The zero-order valence-corrected chi connectivity index (χ0v) is 12.5. The molecule has 0 saturated heterocycles. The van der Waals surface area contributed by atoms with E-state index in [9.17, 15) is 0 Å². The van der Waals surface area contributed by atoms with Crippen LogP contribution in [0.25, 0.3) is 0 Å². The molecule has 18 heavy (non-hydrogen) atoms. The van der Waals surface area contributed by atoms with Crippen molar-refractivity contribution in [3.8, 4) is 0 Å². The Bertz CT molecular complexity index is 335.